The van der Waals surface area contributed by atoms with E-state index in [9.17, 15) is 0 Å². The monoisotopic (exact) mass is 141 g/mol. The summed E-state index contributed by atoms with van der Waals surface area (Å²) in [7, 11) is 0. The molecule has 1 heteroatoms. The molecule has 10 heavy (non-hydrogen) atoms. The standard InChI is InChI=1S/C9H19N/c1-4-7(2)5-9(3)6-8(9)10/h7-8H,4-6,10H2,1-3H3. The fraction of sp³-hybridized carbons (Fsp3) is 1.00. The van der Waals surface area contributed by atoms with Gasteiger partial charge >= 0.3 is 0 Å². The molecule has 3 atom stereocenters. The first kappa shape index (κ1) is 8.06. The van der Waals surface area contributed by atoms with Gasteiger partial charge in [0.1, 0.15) is 0 Å². The zero-order valence-corrected chi connectivity index (χ0v) is 7.35. The summed E-state index contributed by atoms with van der Waals surface area (Å²) in [4.78, 5) is 0. The minimum Gasteiger partial charge on any atom is -0.327 e. The Kier molecular flexibility index (Phi) is 2.04. The van der Waals surface area contributed by atoms with Crippen LogP contribution >= 0.6 is 0 Å². The van der Waals surface area contributed by atoms with Gasteiger partial charge < -0.3 is 5.73 Å². The molecule has 60 valence electrons. The SMILES string of the molecule is CCC(C)CC1(C)CC1N. The summed E-state index contributed by atoms with van der Waals surface area (Å²) >= 11 is 0. The maximum atomic E-state index is 5.80. The Labute approximate surface area is 64.0 Å². The maximum Gasteiger partial charge on any atom is 0.00993 e. The lowest BCUT2D eigenvalue weighted by Crippen LogP contribution is -2.13. The highest BCUT2D eigenvalue weighted by atomic mass is 14.8. The van der Waals surface area contributed by atoms with Crippen molar-refractivity contribution in [2.45, 2.75) is 46.1 Å². The summed E-state index contributed by atoms with van der Waals surface area (Å²) in [6.07, 6.45) is 3.87. The van der Waals surface area contributed by atoms with Crippen molar-refractivity contribution in [1.29, 1.82) is 0 Å². The molecule has 0 amide bonds. The van der Waals surface area contributed by atoms with Crippen LogP contribution in [0.1, 0.15) is 40.0 Å². The largest absolute Gasteiger partial charge is 0.327 e. The lowest BCUT2D eigenvalue weighted by atomic mass is 9.92. The van der Waals surface area contributed by atoms with Gasteiger partial charge in [0.2, 0.25) is 0 Å². The molecular weight excluding hydrogens is 122 g/mol. The van der Waals surface area contributed by atoms with Crippen LogP contribution in [-0.2, 0) is 0 Å². The van der Waals surface area contributed by atoms with Crippen LogP contribution in [0.15, 0.2) is 0 Å². The summed E-state index contributed by atoms with van der Waals surface area (Å²) in [5, 5.41) is 0. The van der Waals surface area contributed by atoms with Crippen molar-refractivity contribution in [1.82, 2.24) is 0 Å². The molecule has 0 heterocycles. The zero-order chi connectivity index (χ0) is 7.78. The van der Waals surface area contributed by atoms with Gasteiger partial charge in [0, 0.05) is 6.04 Å². The predicted octanol–water partition coefficient (Wildman–Crippen LogP) is 2.16. The Hall–Kier alpha value is -0.0400. The second-order valence-electron chi connectivity index (χ2n) is 4.18. The summed E-state index contributed by atoms with van der Waals surface area (Å²) in [6, 6.07) is 0.501. The van der Waals surface area contributed by atoms with Gasteiger partial charge in [-0.15, -0.1) is 0 Å². The summed E-state index contributed by atoms with van der Waals surface area (Å²) in [6.45, 7) is 6.88. The van der Waals surface area contributed by atoms with E-state index in [1.165, 1.54) is 19.3 Å². The highest BCUT2D eigenvalue weighted by molar-refractivity contribution is 5.02. The van der Waals surface area contributed by atoms with Gasteiger partial charge in [-0.1, -0.05) is 27.2 Å². The number of rotatable bonds is 3. The second-order valence-corrected chi connectivity index (χ2v) is 4.18. The molecule has 1 fully saturated rings. The minimum atomic E-state index is 0.501. The predicted molar refractivity (Wildman–Crippen MR) is 44.8 cm³/mol. The quantitative estimate of drug-likeness (QED) is 0.640. The number of hydrogen-bond acceptors (Lipinski definition) is 1. The van der Waals surface area contributed by atoms with E-state index in [2.05, 4.69) is 20.8 Å². The molecule has 0 aromatic rings. The maximum absolute atomic E-state index is 5.80. The third-order valence-corrected chi connectivity index (χ3v) is 2.93. The van der Waals surface area contributed by atoms with Gasteiger partial charge in [-0.05, 0) is 24.2 Å². The molecule has 2 N–H and O–H groups in total. The van der Waals surface area contributed by atoms with Gasteiger partial charge in [0.25, 0.3) is 0 Å². The van der Waals surface area contributed by atoms with E-state index in [0.29, 0.717) is 11.5 Å². The van der Waals surface area contributed by atoms with Crippen molar-refractivity contribution in [3.8, 4) is 0 Å². The Morgan fingerprint density at radius 1 is 1.70 bits per heavy atom. The van der Waals surface area contributed by atoms with Crippen molar-refractivity contribution < 1.29 is 0 Å². The first-order chi connectivity index (χ1) is 4.58. The van der Waals surface area contributed by atoms with Crippen LogP contribution in [0.4, 0.5) is 0 Å². The van der Waals surface area contributed by atoms with Crippen LogP contribution in [0.5, 0.6) is 0 Å². The molecule has 0 radical (unpaired) electrons. The molecule has 0 aromatic heterocycles. The van der Waals surface area contributed by atoms with E-state index >= 15 is 0 Å². The van der Waals surface area contributed by atoms with Crippen LogP contribution in [0.25, 0.3) is 0 Å². The third kappa shape index (κ3) is 1.51. The average Bonchev–Trinajstić information content (AvgIpc) is 2.40. The van der Waals surface area contributed by atoms with E-state index in [0.717, 1.165) is 5.92 Å². The molecule has 0 aromatic carbocycles. The topological polar surface area (TPSA) is 26.0 Å². The third-order valence-electron chi connectivity index (χ3n) is 2.93. The van der Waals surface area contributed by atoms with Gasteiger partial charge in [-0.25, -0.2) is 0 Å². The van der Waals surface area contributed by atoms with Crippen LogP contribution in [0.2, 0.25) is 0 Å². The lowest BCUT2D eigenvalue weighted by Gasteiger charge is -2.14. The molecule has 0 bridgehead atoms. The molecule has 0 spiro atoms. The van der Waals surface area contributed by atoms with Crippen LogP contribution in [0, 0.1) is 11.3 Å². The van der Waals surface area contributed by atoms with Gasteiger partial charge in [0.15, 0.2) is 0 Å². The molecule has 1 saturated carbocycles. The second kappa shape index (κ2) is 2.54. The smallest absolute Gasteiger partial charge is 0.00993 e. The molecule has 0 aliphatic heterocycles. The average molecular weight is 141 g/mol. The fourth-order valence-electron chi connectivity index (χ4n) is 1.62. The summed E-state index contributed by atoms with van der Waals surface area (Å²) < 4.78 is 0. The van der Waals surface area contributed by atoms with Crippen molar-refractivity contribution in [3.63, 3.8) is 0 Å². The molecule has 3 unspecified atom stereocenters. The van der Waals surface area contributed by atoms with E-state index < -0.39 is 0 Å². The Morgan fingerprint density at radius 2 is 2.20 bits per heavy atom. The highest BCUT2D eigenvalue weighted by Gasteiger charge is 2.47. The fourth-order valence-corrected chi connectivity index (χ4v) is 1.62. The Morgan fingerprint density at radius 3 is 2.50 bits per heavy atom. The van der Waals surface area contributed by atoms with E-state index in [1.807, 2.05) is 0 Å². The van der Waals surface area contributed by atoms with Crippen LogP contribution in [-0.4, -0.2) is 6.04 Å². The molecule has 1 aliphatic carbocycles. The molecule has 1 nitrogen and oxygen atoms in total. The molecule has 0 saturated heterocycles. The number of hydrogen-bond donors (Lipinski definition) is 1. The lowest BCUT2D eigenvalue weighted by molar-refractivity contribution is 0.380. The Bertz CT molecular complexity index is 122. The minimum absolute atomic E-state index is 0.501. The van der Waals surface area contributed by atoms with Gasteiger partial charge in [-0.3, -0.25) is 0 Å². The van der Waals surface area contributed by atoms with E-state index in [-0.39, 0.29) is 0 Å². The highest BCUT2D eigenvalue weighted by Crippen LogP contribution is 2.49. The van der Waals surface area contributed by atoms with E-state index in [4.69, 9.17) is 5.73 Å². The molecule has 1 aliphatic rings. The molecule has 1 rings (SSSR count). The first-order valence-electron chi connectivity index (χ1n) is 4.34. The van der Waals surface area contributed by atoms with Gasteiger partial charge in [0.05, 0.1) is 0 Å². The summed E-state index contributed by atoms with van der Waals surface area (Å²) in [5.74, 6) is 0.860. The van der Waals surface area contributed by atoms with Crippen molar-refractivity contribution >= 4 is 0 Å². The Balaban J connectivity index is 2.26. The van der Waals surface area contributed by atoms with Crippen molar-refractivity contribution in [3.05, 3.63) is 0 Å². The summed E-state index contributed by atoms with van der Waals surface area (Å²) in [5.41, 5.74) is 6.31. The van der Waals surface area contributed by atoms with Crippen molar-refractivity contribution in [2.75, 3.05) is 0 Å². The first-order valence-corrected chi connectivity index (χ1v) is 4.34. The van der Waals surface area contributed by atoms with Gasteiger partial charge in [-0.2, -0.15) is 0 Å². The number of nitrogens with two attached hydrogens (primary N) is 1. The van der Waals surface area contributed by atoms with E-state index in [1.54, 1.807) is 0 Å². The zero-order valence-electron chi connectivity index (χ0n) is 7.35. The molecular formula is C9H19N. The normalized spacial score (nSPS) is 41.4. The van der Waals surface area contributed by atoms with Crippen molar-refractivity contribution in [2.24, 2.45) is 17.1 Å². The van der Waals surface area contributed by atoms with Crippen LogP contribution in [0.3, 0.4) is 0 Å². The van der Waals surface area contributed by atoms with Crippen LogP contribution < -0.4 is 5.73 Å².